The second-order valence-electron chi connectivity index (χ2n) is 12.7. The van der Waals surface area contributed by atoms with Gasteiger partial charge in [0.15, 0.2) is 0 Å². The highest BCUT2D eigenvalue weighted by molar-refractivity contribution is 6.04. The monoisotopic (exact) mass is 473 g/mol. The third-order valence-electron chi connectivity index (χ3n) is 10.3. The zero-order valence-corrected chi connectivity index (χ0v) is 21.5. The molecule has 0 spiro atoms. The zero-order valence-electron chi connectivity index (χ0n) is 21.5. The fourth-order valence-electron chi connectivity index (χ4n) is 9.56. The summed E-state index contributed by atoms with van der Waals surface area (Å²) in [6, 6.07) is 8.44. The van der Waals surface area contributed by atoms with E-state index in [1.807, 2.05) is 6.08 Å². The number of ketones is 1. The van der Waals surface area contributed by atoms with E-state index in [1.165, 1.54) is 17.6 Å². The molecule has 1 saturated heterocycles. The van der Waals surface area contributed by atoms with Crippen LogP contribution in [0.5, 0.6) is 5.75 Å². The SMILES string of the molecule is C=C[C@@H]1C=C(C)[C@H]2[C@@H]3[C@H](Oc4ccc(cc4)C[C@H]4C[C@H](C(=O)N4)C(=O)[C@@H]13)[C@@H]1[C@@H](C)C[C@@H](C)C[C@]12C. The summed E-state index contributed by atoms with van der Waals surface area (Å²) in [5.41, 5.74) is 2.61. The Kier molecular flexibility index (Phi) is 5.32. The van der Waals surface area contributed by atoms with Crippen molar-refractivity contribution in [1.82, 2.24) is 5.32 Å². The van der Waals surface area contributed by atoms with Crippen molar-refractivity contribution in [2.75, 3.05) is 0 Å². The number of hydrogen-bond acceptors (Lipinski definition) is 3. The first kappa shape index (κ1) is 23.1. The van der Waals surface area contributed by atoms with Crippen LogP contribution in [0.4, 0.5) is 0 Å². The van der Waals surface area contributed by atoms with Gasteiger partial charge < -0.3 is 10.1 Å². The van der Waals surface area contributed by atoms with E-state index in [4.69, 9.17) is 4.74 Å². The van der Waals surface area contributed by atoms with Crippen LogP contribution >= 0.6 is 0 Å². The minimum absolute atomic E-state index is 0.00293. The maximum Gasteiger partial charge on any atom is 0.230 e. The van der Waals surface area contributed by atoms with Crippen molar-refractivity contribution in [2.45, 2.75) is 65.5 Å². The molecule has 0 unspecified atom stereocenters. The largest absolute Gasteiger partial charge is 0.490 e. The molecular formula is C31H39NO3. The predicted octanol–water partition coefficient (Wildman–Crippen LogP) is 5.38. The number of rotatable bonds is 1. The van der Waals surface area contributed by atoms with E-state index in [0.717, 1.165) is 18.6 Å². The van der Waals surface area contributed by atoms with Crippen LogP contribution in [-0.2, 0) is 16.0 Å². The van der Waals surface area contributed by atoms with Crippen molar-refractivity contribution in [3.05, 3.63) is 54.1 Å². The summed E-state index contributed by atoms with van der Waals surface area (Å²) in [7, 11) is 0. The van der Waals surface area contributed by atoms with Gasteiger partial charge in [0, 0.05) is 29.7 Å². The number of Topliss-reactive ketones (excluding diaryl/α,β-unsaturated/α-hetero) is 1. The Hall–Kier alpha value is -2.36. The predicted molar refractivity (Wildman–Crippen MR) is 137 cm³/mol. The number of hydrogen-bond donors (Lipinski definition) is 1. The molecule has 3 aliphatic carbocycles. The van der Waals surface area contributed by atoms with Gasteiger partial charge in [-0.15, -0.1) is 6.58 Å². The molecule has 7 rings (SSSR count). The minimum Gasteiger partial charge on any atom is -0.490 e. The number of allylic oxidation sites excluding steroid dienone is 3. The van der Waals surface area contributed by atoms with Gasteiger partial charge in [0.2, 0.25) is 5.91 Å². The van der Waals surface area contributed by atoms with Gasteiger partial charge in [-0.25, -0.2) is 0 Å². The van der Waals surface area contributed by atoms with Gasteiger partial charge in [0.1, 0.15) is 17.6 Å². The molecule has 0 aromatic heterocycles. The highest BCUT2D eigenvalue weighted by Gasteiger charge is 2.66. The van der Waals surface area contributed by atoms with Crippen molar-refractivity contribution < 1.29 is 14.3 Å². The Bertz CT molecular complexity index is 1090. The van der Waals surface area contributed by atoms with E-state index in [1.54, 1.807) is 0 Å². The summed E-state index contributed by atoms with van der Waals surface area (Å²) in [6.45, 7) is 13.6. The van der Waals surface area contributed by atoms with Crippen molar-refractivity contribution in [3.63, 3.8) is 0 Å². The summed E-state index contributed by atoms with van der Waals surface area (Å²) >= 11 is 0. The van der Waals surface area contributed by atoms with Crippen LogP contribution in [0, 0.1) is 52.8 Å². The summed E-state index contributed by atoms with van der Waals surface area (Å²) in [5.74, 6) is 1.84. The molecule has 1 N–H and O–H groups in total. The average molecular weight is 474 g/mol. The highest BCUT2D eigenvalue weighted by Crippen LogP contribution is 2.67. The van der Waals surface area contributed by atoms with Crippen LogP contribution in [-0.4, -0.2) is 23.8 Å². The number of nitrogens with one attached hydrogen (secondary N) is 1. The maximum atomic E-state index is 14.3. The molecule has 35 heavy (non-hydrogen) atoms. The molecule has 4 heteroatoms. The van der Waals surface area contributed by atoms with Crippen LogP contribution in [0.15, 0.2) is 48.6 Å². The van der Waals surface area contributed by atoms with Gasteiger partial charge in [0.25, 0.3) is 0 Å². The van der Waals surface area contributed by atoms with Crippen molar-refractivity contribution >= 4 is 11.7 Å². The third-order valence-corrected chi connectivity index (χ3v) is 10.3. The molecule has 186 valence electrons. The van der Waals surface area contributed by atoms with E-state index < -0.39 is 5.92 Å². The smallest absolute Gasteiger partial charge is 0.230 e. The number of benzene rings is 1. The summed E-state index contributed by atoms with van der Waals surface area (Å²) < 4.78 is 6.96. The van der Waals surface area contributed by atoms with Crippen LogP contribution in [0.1, 0.15) is 52.5 Å². The Labute approximate surface area is 209 Å². The molecule has 1 aromatic rings. The second-order valence-corrected chi connectivity index (χ2v) is 12.7. The molecule has 3 heterocycles. The van der Waals surface area contributed by atoms with Crippen molar-refractivity contribution in [3.8, 4) is 5.75 Å². The maximum absolute atomic E-state index is 14.3. The molecule has 1 aromatic carbocycles. The molecule has 4 bridgehead atoms. The first-order valence-electron chi connectivity index (χ1n) is 13.6. The summed E-state index contributed by atoms with van der Waals surface area (Å²) in [5, 5.41) is 3.14. The fourth-order valence-corrected chi connectivity index (χ4v) is 9.56. The average Bonchev–Trinajstić information content (AvgIpc) is 3.29. The summed E-state index contributed by atoms with van der Waals surface area (Å²) in [6.07, 6.45) is 7.85. The van der Waals surface area contributed by atoms with Gasteiger partial charge in [-0.2, -0.15) is 0 Å². The molecule has 4 nitrogen and oxygen atoms in total. The Morgan fingerprint density at radius 2 is 1.89 bits per heavy atom. The van der Waals surface area contributed by atoms with Crippen LogP contribution in [0.3, 0.4) is 0 Å². The quantitative estimate of drug-likeness (QED) is 0.440. The first-order valence-corrected chi connectivity index (χ1v) is 13.6. The Balaban J connectivity index is 1.55. The molecule has 2 saturated carbocycles. The molecule has 11 atom stereocenters. The van der Waals surface area contributed by atoms with E-state index in [0.29, 0.717) is 24.2 Å². The number of carbonyl (C=O) groups excluding carboxylic acids is 2. The molecule has 3 aliphatic heterocycles. The number of amides is 1. The van der Waals surface area contributed by atoms with Gasteiger partial charge in [-0.3, -0.25) is 9.59 Å². The van der Waals surface area contributed by atoms with Gasteiger partial charge in [-0.05, 0) is 73.5 Å². The van der Waals surface area contributed by atoms with Crippen molar-refractivity contribution in [2.24, 2.45) is 52.8 Å². The fraction of sp³-hybridized carbons (Fsp3) is 0.613. The number of fused-ring (bicyclic) bond motifs is 4. The lowest BCUT2D eigenvalue weighted by molar-refractivity contribution is -0.137. The Morgan fingerprint density at radius 1 is 1.14 bits per heavy atom. The van der Waals surface area contributed by atoms with E-state index in [-0.39, 0.29) is 52.9 Å². The lowest BCUT2D eigenvalue weighted by atomic mass is 9.55. The second kappa shape index (κ2) is 8.08. The molecule has 3 fully saturated rings. The molecular weight excluding hydrogens is 434 g/mol. The van der Waals surface area contributed by atoms with Crippen LogP contribution < -0.4 is 10.1 Å². The third kappa shape index (κ3) is 3.38. The van der Waals surface area contributed by atoms with Gasteiger partial charge in [0.05, 0.1) is 5.92 Å². The van der Waals surface area contributed by atoms with Crippen molar-refractivity contribution in [1.29, 1.82) is 0 Å². The topological polar surface area (TPSA) is 55.4 Å². The zero-order chi connectivity index (χ0) is 24.6. The first-order chi connectivity index (χ1) is 16.7. The van der Waals surface area contributed by atoms with E-state index in [9.17, 15) is 9.59 Å². The lowest BCUT2D eigenvalue weighted by Gasteiger charge is -2.48. The number of ether oxygens (including phenoxy) is 1. The minimum atomic E-state index is -0.577. The highest BCUT2D eigenvalue weighted by atomic mass is 16.5. The number of carbonyl (C=O) groups is 2. The molecule has 0 radical (unpaired) electrons. The van der Waals surface area contributed by atoms with Crippen LogP contribution in [0.2, 0.25) is 0 Å². The van der Waals surface area contributed by atoms with Gasteiger partial charge >= 0.3 is 0 Å². The standard InChI is InChI=1S/C31H39NO3/c1-6-20-12-18(4)26-25-24(20)28(33)23-14-21(32-30(23)34)13-19-7-9-22(10-8-19)35-29(25)27-17(3)11-16(2)15-31(26,27)5/h6-10,12,16-17,20-21,23-27,29H,1,11,13-15H2,2-5H3,(H,32,34)/t16-,17+,20-,21+,23+,24+,25-,26+,27+,29+,31+/m1/s1. The van der Waals surface area contributed by atoms with Crippen LogP contribution in [0.25, 0.3) is 0 Å². The van der Waals surface area contributed by atoms with E-state index >= 15 is 0 Å². The lowest BCUT2D eigenvalue weighted by Crippen LogP contribution is -2.46. The molecule has 1 amide bonds. The normalized spacial score (nSPS) is 46.2. The van der Waals surface area contributed by atoms with Gasteiger partial charge in [-0.1, -0.05) is 50.6 Å². The van der Waals surface area contributed by atoms with E-state index in [2.05, 4.69) is 69.9 Å². The Morgan fingerprint density at radius 3 is 2.60 bits per heavy atom. The molecule has 6 aliphatic rings. The summed E-state index contributed by atoms with van der Waals surface area (Å²) in [4.78, 5) is 27.4.